The molecule has 0 aliphatic heterocycles. The summed E-state index contributed by atoms with van der Waals surface area (Å²) in [7, 11) is 4.69. The van der Waals surface area contributed by atoms with Crippen LogP contribution in [0.1, 0.15) is 23.0 Å². The molecule has 3 aromatic rings. The number of nitrogens with one attached hydrogen (secondary N) is 2. The summed E-state index contributed by atoms with van der Waals surface area (Å²) >= 11 is 0. The molecule has 1 heterocycles. The predicted octanol–water partition coefficient (Wildman–Crippen LogP) is 3.36. The fourth-order valence-electron chi connectivity index (χ4n) is 2.92. The van der Waals surface area contributed by atoms with Crippen LogP contribution in [-0.2, 0) is 0 Å². The van der Waals surface area contributed by atoms with Crippen molar-refractivity contribution in [1.29, 1.82) is 0 Å². The van der Waals surface area contributed by atoms with Crippen LogP contribution < -0.4 is 24.4 Å². The van der Waals surface area contributed by atoms with Gasteiger partial charge in [0.15, 0.2) is 23.0 Å². The van der Waals surface area contributed by atoms with Crippen LogP contribution in [-0.4, -0.2) is 45.0 Å². The van der Waals surface area contributed by atoms with Crippen LogP contribution in [0, 0.1) is 0 Å². The van der Waals surface area contributed by atoms with Gasteiger partial charge in [-0.25, -0.2) is 5.43 Å². The number of amides is 1. The molecule has 0 atom stereocenters. The quantitative estimate of drug-likeness (QED) is 0.449. The van der Waals surface area contributed by atoms with E-state index in [0.717, 1.165) is 16.5 Å². The van der Waals surface area contributed by atoms with Gasteiger partial charge in [0.1, 0.15) is 5.69 Å². The fourth-order valence-corrected chi connectivity index (χ4v) is 2.92. The van der Waals surface area contributed by atoms with Gasteiger partial charge in [-0.15, -0.1) is 0 Å². The van der Waals surface area contributed by atoms with Crippen molar-refractivity contribution in [2.24, 2.45) is 5.10 Å². The minimum Gasteiger partial charge on any atom is -0.493 e. The predicted molar refractivity (Wildman–Crippen MR) is 111 cm³/mol. The number of hydrogen-bond acceptors (Lipinski definition) is 6. The maximum atomic E-state index is 12.4. The summed E-state index contributed by atoms with van der Waals surface area (Å²) < 4.78 is 21.5. The molecule has 0 radical (unpaired) electrons. The fraction of sp³-hybridized carbons (Fsp3) is 0.238. The van der Waals surface area contributed by atoms with E-state index >= 15 is 0 Å². The second-order valence-electron chi connectivity index (χ2n) is 5.99. The van der Waals surface area contributed by atoms with Gasteiger partial charge in [-0.1, -0.05) is 0 Å². The monoisotopic (exact) mass is 397 g/mol. The Kier molecular flexibility index (Phi) is 6.23. The lowest BCUT2D eigenvalue weighted by Gasteiger charge is -2.09. The largest absolute Gasteiger partial charge is 0.493 e. The molecule has 0 fully saturated rings. The molecule has 8 heteroatoms. The Morgan fingerprint density at radius 2 is 1.79 bits per heavy atom. The van der Waals surface area contributed by atoms with Crippen LogP contribution in [0.15, 0.2) is 41.5 Å². The van der Waals surface area contributed by atoms with E-state index in [0.29, 0.717) is 35.3 Å². The first-order valence-electron chi connectivity index (χ1n) is 8.99. The summed E-state index contributed by atoms with van der Waals surface area (Å²) in [5.74, 6) is 2.02. The lowest BCUT2D eigenvalue weighted by atomic mass is 10.2. The molecule has 1 aromatic heterocycles. The van der Waals surface area contributed by atoms with E-state index in [1.165, 1.54) is 6.21 Å². The van der Waals surface area contributed by atoms with Crippen LogP contribution in [0.5, 0.6) is 23.0 Å². The van der Waals surface area contributed by atoms with Gasteiger partial charge in [0.2, 0.25) is 0 Å². The number of H-pyrrole nitrogens is 1. The highest BCUT2D eigenvalue weighted by Gasteiger charge is 2.15. The zero-order valence-electron chi connectivity index (χ0n) is 16.7. The zero-order valence-corrected chi connectivity index (χ0v) is 16.7. The SMILES string of the molecule is CCOc1ccc(/C=N\NC(=O)c2cc3c(OC)c(OC)ccc3[nH]2)cc1OC. The zero-order chi connectivity index (χ0) is 20.8. The summed E-state index contributed by atoms with van der Waals surface area (Å²) in [6.45, 7) is 2.45. The number of carbonyl (C=O) groups excluding carboxylic acids is 1. The maximum absolute atomic E-state index is 12.4. The third-order valence-corrected chi connectivity index (χ3v) is 4.25. The van der Waals surface area contributed by atoms with Crippen LogP contribution in [0.25, 0.3) is 10.9 Å². The molecule has 1 amide bonds. The van der Waals surface area contributed by atoms with Crippen molar-refractivity contribution in [3.8, 4) is 23.0 Å². The second-order valence-corrected chi connectivity index (χ2v) is 5.99. The van der Waals surface area contributed by atoms with Crippen LogP contribution >= 0.6 is 0 Å². The lowest BCUT2D eigenvalue weighted by molar-refractivity contribution is 0.0951. The molecule has 8 nitrogen and oxygen atoms in total. The smallest absolute Gasteiger partial charge is 0.287 e. The van der Waals surface area contributed by atoms with Crippen molar-refractivity contribution in [3.05, 3.63) is 47.7 Å². The van der Waals surface area contributed by atoms with E-state index in [1.54, 1.807) is 45.6 Å². The average Bonchev–Trinajstić information content (AvgIpc) is 3.18. The summed E-state index contributed by atoms with van der Waals surface area (Å²) in [6, 6.07) is 10.7. The third-order valence-electron chi connectivity index (χ3n) is 4.25. The van der Waals surface area contributed by atoms with Gasteiger partial charge in [0.25, 0.3) is 5.91 Å². The number of carbonyl (C=O) groups is 1. The first kappa shape index (κ1) is 20.1. The second kappa shape index (κ2) is 9.01. The Labute approximate surface area is 168 Å². The van der Waals surface area contributed by atoms with E-state index in [4.69, 9.17) is 18.9 Å². The average molecular weight is 397 g/mol. The van der Waals surface area contributed by atoms with E-state index in [2.05, 4.69) is 15.5 Å². The van der Waals surface area contributed by atoms with Crippen molar-refractivity contribution in [1.82, 2.24) is 10.4 Å². The highest BCUT2D eigenvalue weighted by atomic mass is 16.5. The number of ether oxygens (including phenoxy) is 4. The Hall–Kier alpha value is -3.68. The van der Waals surface area contributed by atoms with Gasteiger partial charge in [-0.05, 0) is 48.9 Å². The maximum Gasteiger partial charge on any atom is 0.287 e. The molecular weight excluding hydrogens is 374 g/mol. The summed E-state index contributed by atoms with van der Waals surface area (Å²) in [5, 5.41) is 4.77. The summed E-state index contributed by atoms with van der Waals surface area (Å²) in [4.78, 5) is 15.5. The Bertz CT molecular complexity index is 1040. The van der Waals surface area contributed by atoms with Gasteiger partial charge in [0.05, 0.1) is 39.7 Å². The molecule has 0 unspecified atom stereocenters. The van der Waals surface area contributed by atoms with Crippen LogP contribution in [0.3, 0.4) is 0 Å². The third kappa shape index (κ3) is 4.26. The topological polar surface area (TPSA) is 94.2 Å². The number of aromatic nitrogens is 1. The Morgan fingerprint density at radius 3 is 2.48 bits per heavy atom. The number of hydrazone groups is 1. The molecule has 29 heavy (non-hydrogen) atoms. The molecule has 0 aliphatic rings. The highest BCUT2D eigenvalue weighted by molar-refractivity contribution is 6.00. The van der Waals surface area contributed by atoms with E-state index in [-0.39, 0.29) is 5.91 Å². The van der Waals surface area contributed by atoms with Gasteiger partial charge in [-0.2, -0.15) is 5.10 Å². The number of fused-ring (bicyclic) bond motifs is 1. The molecule has 0 spiro atoms. The molecule has 152 valence electrons. The number of aromatic amines is 1. The van der Waals surface area contributed by atoms with Gasteiger partial charge >= 0.3 is 0 Å². The van der Waals surface area contributed by atoms with Gasteiger partial charge in [-0.3, -0.25) is 4.79 Å². The van der Waals surface area contributed by atoms with Crippen molar-refractivity contribution in [3.63, 3.8) is 0 Å². The summed E-state index contributed by atoms with van der Waals surface area (Å²) in [5.41, 5.74) is 4.38. The van der Waals surface area contributed by atoms with E-state index < -0.39 is 0 Å². The van der Waals surface area contributed by atoms with Gasteiger partial charge < -0.3 is 23.9 Å². The normalized spacial score (nSPS) is 10.9. The van der Waals surface area contributed by atoms with Crippen molar-refractivity contribution >= 4 is 23.0 Å². The molecular formula is C21H23N3O5. The van der Waals surface area contributed by atoms with Crippen molar-refractivity contribution in [2.75, 3.05) is 27.9 Å². The minimum atomic E-state index is -0.378. The molecule has 0 saturated heterocycles. The number of nitrogens with zero attached hydrogens (tertiary/aromatic N) is 1. The number of methoxy groups -OCH3 is 3. The number of benzene rings is 2. The van der Waals surface area contributed by atoms with E-state index in [9.17, 15) is 4.79 Å². The Balaban J connectivity index is 1.75. The number of hydrogen-bond donors (Lipinski definition) is 2. The lowest BCUT2D eigenvalue weighted by Crippen LogP contribution is -2.17. The number of rotatable bonds is 8. The first-order valence-corrected chi connectivity index (χ1v) is 8.99. The Morgan fingerprint density at radius 1 is 1.03 bits per heavy atom. The standard InChI is InChI=1S/C21H23N3O5/c1-5-29-17-8-6-13(10-19(17)27-3)12-22-24-21(25)16-11-14-15(23-16)7-9-18(26-2)20(14)28-4/h6-12,23H,5H2,1-4H3,(H,24,25)/b22-12-. The van der Waals surface area contributed by atoms with Crippen molar-refractivity contribution in [2.45, 2.75) is 6.92 Å². The molecule has 0 aliphatic carbocycles. The highest BCUT2D eigenvalue weighted by Crippen LogP contribution is 2.35. The van der Waals surface area contributed by atoms with E-state index in [1.807, 2.05) is 19.1 Å². The molecule has 3 rings (SSSR count). The molecule has 0 bridgehead atoms. The molecule has 2 N–H and O–H groups in total. The molecule has 2 aromatic carbocycles. The molecule has 0 saturated carbocycles. The van der Waals surface area contributed by atoms with Crippen LogP contribution in [0.2, 0.25) is 0 Å². The van der Waals surface area contributed by atoms with Gasteiger partial charge in [0, 0.05) is 5.39 Å². The summed E-state index contributed by atoms with van der Waals surface area (Å²) in [6.07, 6.45) is 1.53. The minimum absolute atomic E-state index is 0.355. The van der Waals surface area contributed by atoms with Crippen molar-refractivity contribution < 1.29 is 23.7 Å². The van der Waals surface area contributed by atoms with Crippen LogP contribution in [0.4, 0.5) is 0 Å². The first-order chi connectivity index (χ1) is 14.1.